The van der Waals surface area contributed by atoms with E-state index in [1.807, 2.05) is 24.3 Å². The topological polar surface area (TPSA) is 58.1 Å². The first-order valence-corrected chi connectivity index (χ1v) is 9.07. The Morgan fingerprint density at radius 2 is 1.85 bits per heavy atom. The van der Waals surface area contributed by atoms with Gasteiger partial charge in [0.25, 0.3) is 11.5 Å². The highest BCUT2D eigenvalue weighted by Crippen LogP contribution is 2.32. The summed E-state index contributed by atoms with van der Waals surface area (Å²) in [5, 5.41) is 2.92. The average Bonchev–Trinajstić information content (AvgIpc) is 3.10. The van der Waals surface area contributed by atoms with Crippen LogP contribution in [0.3, 0.4) is 0 Å². The van der Waals surface area contributed by atoms with E-state index in [1.165, 1.54) is 22.9 Å². The zero-order chi connectivity index (χ0) is 18.8. The Hall–Kier alpha value is -3.15. The minimum Gasteiger partial charge on any atom is -0.330 e. The Bertz CT molecular complexity index is 1010. The fourth-order valence-electron chi connectivity index (χ4n) is 3.66. The van der Waals surface area contributed by atoms with Crippen LogP contribution in [-0.4, -0.2) is 27.1 Å². The van der Waals surface area contributed by atoms with Crippen LogP contribution in [0, 0.1) is 5.82 Å². The van der Waals surface area contributed by atoms with E-state index >= 15 is 0 Å². The molecule has 2 heterocycles. The molecule has 1 aliphatic heterocycles. The molecule has 5 nitrogen and oxygen atoms in total. The van der Waals surface area contributed by atoms with Crippen LogP contribution < -0.4 is 5.56 Å². The van der Waals surface area contributed by atoms with Gasteiger partial charge in [-0.2, -0.15) is 0 Å². The van der Waals surface area contributed by atoms with Crippen LogP contribution in [-0.2, 0) is 0 Å². The summed E-state index contributed by atoms with van der Waals surface area (Å²) in [6.07, 6.45) is 2.65. The van der Waals surface area contributed by atoms with Crippen molar-refractivity contribution in [2.24, 2.45) is 0 Å². The molecule has 1 atom stereocenters. The molecule has 0 spiro atoms. The lowest BCUT2D eigenvalue weighted by Gasteiger charge is -2.35. The molecule has 1 saturated heterocycles. The van der Waals surface area contributed by atoms with E-state index in [4.69, 9.17) is 0 Å². The number of H-pyrrole nitrogens is 1. The lowest BCUT2D eigenvalue weighted by Crippen LogP contribution is -2.38. The molecule has 1 unspecified atom stereocenters. The number of nitrogens with one attached hydrogen (secondary N) is 1. The van der Waals surface area contributed by atoms with Gasteiger partial charge in [-0.3, -0.25) is 14.7 Å². The van der Waals surface area contributed by atoms with Gasteiger partial charge in [-0.15, -0.1) is 0 Å². The van der Waals surface area contributed by atoms with Crippen molar-refractivity contribution >= 4 is 5.91 Å². The number of nitrogens with zero attached hydrogens (tertiary/aromatic N) is 2. The van der Waals surface area contributed by atoms with Gasteiger partial charge in [0.15, 0.2) is 0 Å². The molecule has 138 valence electrons. The maximum Gasteiger partial charge on any atom is 0.272 e. The molecular formula is C21H20FN3O2. The summed E-state index contributed by atoms with van der Waals surface area (Å²) in [6.45, 7) is 0.582. The zero-order valence-corrected chi connectivity index (χ0v) is 14.8. The largest absolute Gasteiger partial charge is 0.330 e. The number of hydrogen-bond donors (Lipinski definition) is 1. The van der Waals surface area contributed by atoms with Crippen LogP contribution in [0.5, 0.6) is 0 Å². The van der Waals surface area contributed by atoms with Crippen molar-refractivity contribution < 1.29 is 9.18 Å². The summed E-state index contributed by atoms with van der Waals surface area (Å²) < 4.78 is 15.0. The summed E-state index contributed by atoms with van der Waals surface area (Å²) in [5.74, 6) is -0.551. The summed E-state index contributed by atoms with van der Waals surface area (Å²) in [4.78, 5) is 27.2. The van der Waals surface area contributed by atoms with E-state index in [2.05, 4.69) is 5.10 Å². The van der Waals surface area contributed by atoms with Crippen molar-refractivity contribution in [3.05, 3.63) is 88.1 Å². The zero-order valence-electron chi connectivity index (χ0n) is 14.8. The van der Waals surface area contributed by atoms with Crippen molar-refractivity contribution in [3.8, 4) is 5.69 Å². The summed E-state index contributed by atoms with van der Waals surface area (Å²) in [6, 6.07) is 16.6. The number of likely N-dealkylation sites (tertiary alicyclic amines) is 1. The molecule has 1 amide bonds. The highest BCUT2D eigenvalue weighted by molar-refractivity contribution is 5.92. The molecule has 27 heavy (non-hydrogen) atoms. The van der Waals surface area contributed by atoms with Gasteiger partial charge in [0.2, 0.25) is 0 Å². The quantitative estimate of drug-likeness (QED) is 0.770. The van der Waals surface area contributed by atoms with E-state index in [-0.39, 0.29) is 29.0 Å². The van der Waals surface area contributed by atoms with Crippen LogP contribution in [0.25, 0.3) is 5.69 Å². The Labute approximate surface area is 156 Å². The molecule has 0 bridgehead atoms. The number of amides is 1. The predicted molar refractivity (Wildman–Crippen MR) is 100 cm³/mol. The molecule has 0 aliphatic carbocycles. The Morgan fingerprint density at radius 1 is 1.04 bits per heavy atom. The molecule has 1 aromatic heterocycles. The number of carbonyl (C=O) groups is 1. The smallest absolute Gasteiger partial charge is 0.272 e. The standard InChI is InChI=1S/C21H20FN3O2/c22-16-8-6-7-15(13-16)19-11-4-5-12-24(19)21(27)18-14-20(26)25(23-18)17-9-2-1-3-10-17/h1-3,6-10,13-14,19,23H,4-5,11-12H2. The molecule has 2 aromatic carbocycles. The molecule has 1 fully saturated rings. The van der Waals surface area contributed by atoms with Crippen LogP contribution in [0.2, 0.25) is 0 Å². The number of benzene rings is 2. The number of piperidine rings is 1. The Morgan fingerprint density at radius 3 is 2.63 bits per heavy atom. The summed E-state index contributed by atoms with van der Waals surface area (Å²) in [5.41, 5.74) is 1.41. The highest BCUT2D eigenvalue weighted by atomic mass is 19.1. The van der Waals surface area contributed by atoms with E-state index in [9.17, 15) is 14.0 Å². The SMILES string of the molecule is O=C(c1cc(=O)n(-c2ccccc2)[nH]1)N1CCCCC1c1cccc(F)c1. The minimum atomic E-state index is -0.311. The van der Waals surface area contributed by atoms with Crippen LogP contribution in [0.1, 0.15) is 41.4 Å². The fraction of sp³-hybridized carbons (Fsp3) is 0.238. The van der Waals surface area contributed by atoms with E-state index in [1.54, 1.807) is 23.1 Å². The third-order valence-corrected chi connectivity index (χ3v) is 4.96. The molecule has 0 radical (unpaired) electrons. The Kier molecular flexibility index (Phi) is 4.62. The summed E-state index contributed by atoms with van der Waals surface area (Å²) >= 11 is 0. The van der Waals surface area contributed by atoms with Crippen molar-refractivity contribution in [2.45, 2.75) is 25.3 Å². The second-order valence-electron chi connectivity index (χ2n) is 6.74. The number of rotatable bonds is 3. The van der Waals surface area contributed by atoms with E-state index < -0.39 is 0 Å². The van der Waals surface area contributed by atoms with Gasteiger partial charge < -0.3 is 4.90 Å². The molecule has 1 aliphatic rings. The first kappa shape index (κ1) is 17.3. The van der Waals surface area contributed by atoms with Crippen LogP contribution in [0.15, 0.2) is 65.5 Å². The lowest BCUT2D eigenvalue weighted by atomic mass is 9.95. The lowest BCUT2D eigenvalue weighted by molar-refractivity contribution is 0.0604. The number of carbonyl (C=O) groups excluding carboxylic acids is 1. The van der Waals surface area contributed by atoms with Crippen molar-refractivity contribution in [1.29, 1.82) is 0 Å². The van der Waals surface area contributed by atoms with Crippen molar-refractivity contribution in [1.82, 2.24) is 14.7 Å². The first-order valence-electron chi connectivity index (χ1n) is 9.07. The number of hydrogen-bond acceptors (Lipinski definition) is 2. The van der Waals surface area contributed by atoms with Gasteiger partial charge in [0.1, 0.15) is 11.5 Å². The van der Waals surface area contributed by atoms with Gasteiger partial charge in [0, 0.05) is 12.6 Å². The minimum absolute atomic E-state index is 0.189. The fourth-order valence-corrected chi connectivity index (χ4v) is 3.66. The number of aromatic amines is 1. The maximum atomic E-state index is 13.7. The van der Waals surface area contributed by atoms with Gasteiger partial charge in [0.05, 0.1) is 11.7 Å². The third kappa shape index (κ3) is 3.43. The van der Waals surface area contributed by atoms with Crippen molar-refractivity contribution in [2.75, 3.05) is 6.54 Å². The van der Waals surface area contributed by atoms with E-state index in [0.29, 0.717) is 12.2 Å². The van der Waals surface area contributed by atoms with Crippen LogP contribution in [0.4, 0.5) is 4.39 Å². The molecule has 3 aromatic rings. The maximum absolute atomic E-state index is 13.7. The van der Waals surface area contributed by atoms with Crippen molar-refractivity contribution in [3.63, 3.8) is 0 Å². The van der Waals surface area contributed by atoms with Gasteiger partial charge in [-0.1, -0.05) is 30.3 Å². The molecule has 4 rings (SSSR count). The molecular weight excluding hydrogens is 345 g/mol. The highest BCUT2D eigenvalue weighted by Gasteiger charge is 2.30. The number of para-hydroxylation sites is 1. The van der Waals surface area contributed by atoms with Gasteiger partial charge in [-0.05, 0) is 49.1 Å². The first-order chi connectivity index (χ1) is 13.1. The van der Waals surface area contributed by atoms with E-state index in [0.717, 1.165) is 24.8 Å². The van der Waals surface area contributed by atoms with Gasteiger partial charge >= 0.3 is 0 Å². The Balaban J connectivity index is 1.66. The molecule has 6 heteroatoms. The second kappa shape index (κ2) is 7.23. The third-order valence-electron chi connectivity index (χ3n) is 4.96. The molecule has 1 N–H and O–H groups in total. The predicted octanol–water partition coefficient (Wildman–Crippen LogP) is 3.67. The van der Waals surface area contributed by atoms with Crippen LogP contribution >= 0.6 is 0 Å². The normalized spacial score (nSPS) is 17.1. The number of aromatic nitrogens is 2. The monoisotopic (exact) mass is 365 g/mol. The summed E-state index contributed by atoms with van der Waals surface area (Å²) in [7, 11) is 0. The molecule has 0 saturated carbocycles. The number of halogens is 1. The van der Waals surface area contributed by atoms with Gasteiger partial charge in [-0.25, -0.2) is 9.07 Å². The average molecular weight is 365 g/mol. The second-order valence-corrected chi connectivity index (χ2v) is 6.74.